The third kappa shape index (κ3) is 3.31. The minimum absolute atomic E-state index is 0.596. The number of ether oxygens (including phenoxy) is 1. The fraction of sp³-hybridized carbons (Fsp3) is 0.214. The Kier molecular flexibility index (Phi) is 4.51. The largest absolute Gasteiger partial charge is 0.495 e. The molecule has 2 aromatic rings. The van der Waals surface area contributed by atoms with Crippen LogP contribution >= 0.6 is 23.2 Å². The molecule has 2 rings (SSSR count). The van der Waals surface area contributed by atoms with E-state index in [4.69, 9.17) is 27.9 Å². The maximum Gasteiger partial charge on any atom is 0.143 e. The van der Waals surface area contributed by atoms with Crippen molar-refractivity contribution in [3.8, 4) is 5.75 Å². The van der Waals surface area contributed by atoms with E-state index in [9.17, 15) is 0 Å². The molecule has 0 unspecified atom stereocenters. The first-order valence-corrected chi connectivity index (χ1v) is 6.54. The second-order valence-corrected chi connectivity index (χ2v) is 4.94. The molecule has 0 spiro atoms. The first-order valence-electron chi connectivity index (χ1n) is 5.78. The van der Waals surface area contributed by atoms with Crippen LogP contribution in [0.5, 0.6) is 5.75 Å². The van der Waals surface area contributed by atoms with Gasteiger partial charge in [-0.05, 0) is 30.2 Å². The predicted molar refractivity (Wildman–Crippen MR) is 79.3 cm³/mol. The second kappa shape index (κ2) is 6.13. The third-order valence-electron chi connectivity index (χ3n) is 2.81. The molecular weight excluding hydrogens is 283 g/mol. The van der Waals surface area contributed by atoms with E-state index in [0.29, 0.717) is 22.3 Å². The number of pyridine rings is 1. The van der Waals surface area contributed by atoms with Gasteiger partial charge in [-0.1, -0.05) is 23.2 Å². The van der Waals surface area contributed by atoms with Gasteiger partial charge in [0.05, 0.1) is 17.8 Å². The Morgan fingerprint density at radius 3 is 2.74 bits per heavy atom. The number of nitrogens with zero attached hydrogens (tertiary/aromatic N) is 1. The summed E-state index contributed by atoms with van der Waals surface area (Å²) in [6.07, 6.45) is 3.34. The lowest BCUT2D eigenvalue weighted by molar-refractivity contribution is 0.416. The van der Waals surface area contributed by atoms with Crippen molar-refractivity contribution in [2.75, 3.05) is 12.4 Å². The molecule has 0 radical (unpaired) electrons. The number of aryl methyl sites for hydroxylation is 1. The summed E-state index contributed by atoms with van der Waals surface area (Å²) in [6, 6.07) is 5.63. The van der Waals surface area contributed by atoms with E-state index in [1.807, 2.05) is 19.1 Å². The zero-order valence-electron chi connectivity index (χ0n) is 10.7. The van der Waals surface area contributed by atoms with Gasteiger partial charge in [0.25, 0.3) is 0 Å². The highest BCUT2D eigenvalue weighted by Crippen LogP contribution is 2.31. The van der Waals surface area contributed by atoms with Crippen molar-refractivity contribution in [1.82, 2.24) is 4.98 Å². The minimum Gasteiger partial charge on any atom is -0.495 e. The standard InChI is InChI=1S/C14H14Cl2N2O/c1-9-5-13(14(19-2)6-11(9)15)18-7-10-3-4-17-8-12(10)16/h3-6,8,18H,7H2,1-2H3. The van der Waals surface area contributed by atoms with Crippen molar-refractivity contribution in [2.45, 2.75) is 13.5 Å². The average molecular weight is 297 g/mol. The summed E-state index contributed by atoms with van der Waals surface area (Å²) in [6.45, 7) is 2.55. The molecule has 19 heavy (non-hydrogen) atoms. The number of halogens is 2. The van der Waals surface area contributed by atoms with Crippen LogP contribution in [-0.2, 0) is 6.54 Å². The maximum atomic E-state index is 6.07. The number of nitrogens with one attached hydrogen (secondary N) is 1. The van der Waals surface area contributed by atoms with Crippen molar-refractivity contribution < 1.29 is 4.74 Å². The molecular formula is C14H14Cl2N2O. The highest BCUT2D eigenvalue weighted by molar-refractivity contribution is 6.31. The van der Waals surface area contributed by atoms with Crippen LogP contribution in [0.15, 0.2) is 30.6 Å². The molecule has 0 atom stereocenters. The third-order valence-corrected chi connectivity index (χ3v) is 3.55. The van der Waals surface area contributed by atoms with Crippen molar-refractivity contribution in [3.05, 3.63) is 51.8 Å². The Morgan fingerprint density at radius 1 is 1.26 bits per heavy atom. The van der Waals surface area contributed by atoms with Gasteiger partial charge in [-0.25, -0.2) is 0 Å². The molecule has 0 bridgehead atoms. The van der Waals surface area contributed by atoms with Crippen LogP contribution in [0.1, 0.15) is 11.1 Å². The number of hydrogen-bond donors (Lipinski definition) is 1. The number of aromatic nitrogens is 1. The Bertz CT molecular complexity index is 588. The molecule has 3 nitrogen and oxygen atoms in total. The van der Waals surface area contributed by atoms with Crippen molar-refractivity contribution in [3.63, 3.8) is 0 Å². The van der Waals surface area contributed by atoms with Crippen LogP contribution in [-0.4, -0.2) is 12.1 Å². The lowest BCUT2D eigenvalue weighted by Crippen LogP contribution is -2.02. The highest BCUT2D eigenvalue weighted by atomic mass is 35.5. The zero-order valence-corrected chi connectivity index (χ0v) is 12.2. The van der Waals surface area contributed by atoms with E-state index < -0.39 is 0 Å². The molecule has 0 aliphatic heterocycles. The summed E-state index contributed by atoms with van der Waals surface area (Å²) in [5.74, 6) is 0.709. The fourth-order valence-corrected chi connectivity index (χ4v) is 2.05. The number of anilines is 1. The summed E-state index contributed by atoms with van der Waals surface area (Å²) in [4.78, 5) is 3.96. The monoisotopic (exact) mass is 296 g/mol. The zero-order chi connectivity index (χ0) is 13.8. The van der Waals surface area contributed by atoms with Crippen LogP contribution < -0.4 is 10.1 Å². The molecule has 0 amide bonds. The quantitative estimate of drug-likeness (QED) is 0.912. The van der Waals surface area contributed by atoms with Gasteiger partial charge in [-0.15, -0.1) is 0 Å². The summed E-state index contributed by atoms with van der Waals surface area (Å²) < 4.78 is 5.31. The number of methoxy groups -OCH3 is 1. The Hall–Kier alpha value is -1.45. The summed E-state index contributed by atoms with van der Waals surface area (Å²) in [5.41, 5.74) is 2.86. The molecule has 0 saturated carbocycles. The number of benzene rings is 1. The van der Waals surface area contributed by atoms with E-state index in [1.165, 1.54) is 0 Å². The van der Waals surface area contributed by atoms with Crippen molar-refractivity contribution >= 4 is 28.9 Å². The average Bonchev–Trinajstić information content (AvgIpc) is 2.41. The maximum absolute atomic E-state index is 6.07. The molecule has 1 N–H and O–H groups in total. The van der Waals surface area contributed by atoms with Gasteiger partial charge in [0.1, 0.15) is 5.75 Å². The molecule has 0 aliphatic carbocycles. The van der Waals surface area contributed by atoms with E-state index >= 15 is 0 Å². The van der Waals surface area contributed by atoms with Gasteiger partial charge in [-0.2, -0.15) is 0 Å². The SMILES string of the molecule is COc1cc(Cl)c(C)cc1NCc1ccncc1Cl. The molecule has 1 aromatic carbocycles. The molecule has 1 aromatic heterocycles. The van der Waals surface area contributed by atoms with Crippen LogP contribution in [0, 0.1) is 6.92 Å². The Balaban J connectivity index is 2.20. The van der Waals surface area contributed by atoms with Gasteiger partial charge in [0.15, 0.2) is 0 Å². The first kappa shape index (κ1) is 14.0. The van der Waals surface area contributed by atoms with E-state index in [-0.39, 0.29) is 0 Å². The normalized spacial score (nSPS) is 10.3. The molecule has 5 heteroatoms. The Morgan fingerprint density at radius 2 is 2.05 bits per heavy atom. The second-order valence-electron chi connectivity index (χ2n) is 4.12. The highest BCUT2D eigenvalue weighted by Gasteiger charge is 2.07. The van der Waals surface area contributed by atoms with E-state index in [1.54, 1.807) is 25.6 Å². The van der Waals surface area contributed by atoms with Crippen LogP contribution in [0.2, 0.25) is 10.0 Å². The topological polar surface area (TPSA) is 34.1 Å². The molecule has 0 fully saturated rings. The predicted octanol–water partition coefficient (Wildman–Crippen LogP) is 4.32. The minimum atomic E-state index is 0.596. The van der Waals surface area contributed by atoms with Crippen molar-refractivity contribution in [1.29, 1.82) is 0 Å². The number of rotatable bonds is 4. The molecule has 100 valence electrons. The van der Waals surface area contributed by atoms with Gasteiger partial charge in [0.2, 0.25) is 0 Å². The summed E-state index contributed by atoms with van der Waals surface area (Å²) in [5, 5.41) is 4.62. The van der Waals surface area contributed by atoms with Crippen LogP contribution in [0.3, 0.4) is 0 Å². The first-order chi connectivity index (χ1) is 9.11. The van der Waals surface area contributed by atoms with E-state index in [0.717, 1.165) is 16.8 Å². The fourth-order valence-electron chi connectivity index (χ4n) is 1.71. The Labute approximate surface area is 122 Å². The number of hydrogen-bond acceptors (Lipinski definition) is 3. The van der Waals surface area contributed by atoms with Gasteiger partial charge in [-0.3, -0.25) is 4.98 Å². The lowest BCUT2D eigenvalue weighted by atomic mass is 10.2. The summed E-state index contributed by atoms with van der Waals surface area (Å²) in [7, 11) is 1.62. The van der Waals surface area contributed by atoms with Gasteiger partial charge >= 0.3 is 0 Å². The van der Waals surface area contributed by atoms with Crippen molar-refractivity contribution in [2.24, 2.45) is 0 Å². The van der Waals surface area contributed by atoms with Crippen LogP contribution in [0.25, 0.3) is 0 Å². The molecule has 0 saturated heterocycles. The smallest absolute Gasteiger partial charge is 0.143 e. The summed E-state index contributed by atoms with van der Waals surface area (Å²) >= 11 is 12.1. The van der Waals surface area contributed by atoms with Gasteiger partial charge < -0.3 is 10.1 Å². The molecule has 0 aliphatic rings. The van der Waals surface area contributed by atoms with E-state index in [2.05, 4.69) is 10.3 Å². The lowest BCUT2D eigenvalue weighted by Gasteiger charge is -2.13. The molecule has 1 heterocycles. The van der Waals surface area contributed by atoms with Crippen LogP contribution in [0.4, 0.5) is 5.69 Å². The van der Waals surface area contributed by atoms with Gasteiger partial charge in [0, 0.05) is 30.0 Å².